The van der Waals surface area contributed by atoms with Gasteiger partial charge in [-0.1, -0.05) is 25.1 Å². The van der Waals surface area contributed by atoms with Crippen LogP contribution in [0.4, 0.5) is 24.0 Å². The predicted molar refractivity (Wildman–Crippen MR) is 77.1 cm³/mol. The van der Waals surface area contributed by atoms with Gasteiger partial charge in [0.2, 0.25) is 11.0 Å². The number of hydrogen-bond acceptors (Lipinski definition) is 5. The third-order valence-corrected chi connectivity index (χ3v) is 3.63. The van der Waals surface area contributed by atoms with E-state index in [1.165, 1.54) is 0 Å². The smallest absolute Gasteiger partial charge is 0.398 e. The van der Waals surface area contributed by atoms with Gasteiger partial charge in [0.25, 0.3) is 0 Å². The van der Waals surface area contributed by atoms with Crippen LogP contribution < -0.4 is 10.6 Å². The molecule has 0 bridgehead atoms. The fraction of sp³-hybridized carbons (Fsp3) is 0.385. The van der Waals surface area contributed by atoms with Gasteiger partial charge in [-0.25, -0.2) is 0 Å². The molecule has 0 saturated heterocycles. The quantitative estimate of drug-likeness (QED) is 0.857. The van der Waals surface area contributed by atoms with Gasteiger partial charge in [-0.15, -0.1) is 0 Å². The lowest BCUT2D eigenvalue weighted by molar-refractivity contribution is -0.144. The molecule has 0 spiro atoms. The molecular formula is C13H15F3N4S. The van der Waals surface area contributed by atoms with Crippen molar-refractivity contribution in [3.63, 3.8) is 0 Å². The highest BCUT2D eigenvalue weighted by Crippen LogP contribution is 2.31. The normalized spacial score (nSPS) is 11.6. The average Bonchev–Trinajstić information content (AvgIpc) is 2.90. The second kappa shape index (κ2) is 6.30. The Kier molecular flexibility index (Phi) is 4.66. The zero-order chi connectivity index (χ0) is 15.5. The third-order valence-electron chi connectivity index (χ3n) is 2.85. The number of rotatable bonds is 5. The Morgan fingerprint density at radius 2 is 2.00 bits per heavy atom. The van der Waals surface area contributed by atoms with E-state index in [-0.39, 0.29) is 5.13 Å². The fourth-order valence-corrected chi connectivity index (χ4v) is 2.57. The minimum atomic E-state index is -4.52. The van der Waals surface area contributed by atoms with Gasteiger partial charge >= 0.3 is 6.18 Å². The van der Waals surface area contributed by atoms with Crippen LogP contribution in [-0.4, -0.2) is 15.9 Å². The molecule has 114 valence electrons. The van der Waals surface area contributed by atoms with Crippen LogP contribution in [0.5, 0.6) is 0 Å². The molecule has 1 aromatic carbocycles. The van der Waals surface area contributed by atoms with Crippen LogP contribution in [0.3, 0.4) is 0 Å². The maximum Gasteiger partial charge on any atom is 0.452 e. The highest BCUT2D eigenvalue weighted by molar-refractivity contribution is 7.09. The van der Waals surface area contributed by atoms with Crippen LogP contribution in [0.1, 0.15) is 24.7 Å². The van der Waals surface area contributed by atoms with Gasteiger partial charge < -0.3 is 10.6 Å². The second-order valence-electron chi connectivity index (χ2n) is 4.52. The third kappa shape index (κ3) is 3.84. The van der Waals surface area contributed by atoms with Crippen molar-refractivity contribution in [1.29, 1.82) is 0 Å². The lowest BCUT2D eigenvalue weighted by Gasteiger charge is -2.21. The van der Waals surface area contributed by atoms with Crippen molar-refractivity contribution in [2.24, 2.45) is 0 Å². The topological polar surface area (TPSA) is 55.0 Å². The lowest BCUT2D eigenvalue weighted by atomic mass is 10.1. The molecule has 2 rings (SSSR count). The van der Waals surface area contributed by atoms with E-state index in [4.69, 9.17) is 5.73 Å². The largest absolute Gasteiger partial charge is 0.452 e. The average molecular weight is 316 g/mol. The van der Waals surface area contributed by atoms with Crippen molar-refractivity contribution < 1.29 is 13.2 Å². The Morgan fingerprint density at radius 1 is 1.29 bits per heavy atom. The molecule has 2 aromatic rings. The Morgan fingerprint density at radius 3 is 2.57 bits per heavy atom. The molecule has 0 unspecified atom stereocenters. The first-order valence-electron chi connectivity index (χ1n) is 6.41. The number of nitrogens with zero attached hydrogens (tertiary/aromatic N) is 3. The Hall–Kier alpha value is -1.83. The molecule has 1 heterocycles. The molecule has 0 aliphatic rings. The summed E-state index contributed by atoms with van der Waals surface area (Å²) in [5.74, 6) is -1.09. The van der Waals surface area contributed by atoms with Gasteiger partial charge in [-0.3, -0.25) is 0 Å². The Balaban J connectivity index is 2.23. The highest BCUT2D eigenvalue weighted by Gasteiger charge is 2.36. The summed E-state index contributed by atoms with van der Waals surface area (Å²) in [5, 5.41) is 0.257. The minimum Gasteiger partial charge on any atom is -0.398 e. The Labute approximate surface area is 124 Å². The molecule has 21 heavy (non-hydrogen) atoms. The van der Waals surface area contributed by atoms with Gasteiger partial charge in [-0.05, 0) is 18.1 Å². The van der Waals surface area contributed by atoms with Crippen molar-refractivity contribution >= 4 is 22.4 Å². The molecule has 0 aliphatic heterocycles. The number of nitrogen functional groups attached to an aromatic ring is 1. The Bertz CT molecular complexity index is 597. The molecule has 0 fully saturated rings. The number of benzene rings is 1. The zero-order valence-electron chi connectivity index (χ0n) is 11.4. The number of para-hydroxylation sites is 1. The molecule has 8 heteroatoms. The maximum atomic E-state index is 12.6. The van der Waals surface area contributed by atoms with Crippen molar-refractivity contribution in [3.05, 3.63) is 35.7 Å². The number of alkyl halides is 3. The summed E-state index contributed by atoms with van der Waals surface area (Å²) in [5.41, 5.74) is 7.34. The van der Waals surface area contributed by atoms with Crippen LogP contribution in [0, 0.1) is 0 Å². The van der Waals surface area contributed by atoms with Gasteiger partial charge in [0.1, 0.15) is 0 Å². The number of hydrogen-bond donors (Lipinski definition) is 1. The molecule has 0 aliphatic carbocycles. The number of aromatic nitrogens is 2. The van der Waals surface area contributed by atoms with E-state index in [1.807, 2.05) is 25.1 Å². The molecule has 4 nitrogen and oxygen atoms in total. The number of nitrogens with two attached hydrogens (primary N) is 1. The zero-order valence-corrected chi connectivity index (χ0v) is 12.2. The molecular weight excluding hydrogens is 301 g/mol. The monoisotopic (exact) mass is 316 g/mol. The molecule has 0 atom stereocenters. The standard InChI is InChI=1S/C13H15F3N4S/c1-2-7-20(8-9-5-3-4-6-10(9)17)12-18-11(19-21-12)13(14,15)16/h3-6H,2,7-8,17H2,1H3. The molecule has 0 radical (unpaired) electrons. The molecule has 1 aromatic heterocycles. The summed E-state index contributed by atoms with van der Waals surface area (Å²) in [4.78, 5) is 5.36. The molecule has 2 N–H and O–H groups in total. The second-order valence-corrected chi connectivity index (χ2v) is 5.25. The van der Waals surface area contributed by atoms with Crippen LogP contribution in [-0.2, 0) is 12.7 Å². The fourth-order valence-electron chi connectivity index (χ4n) is 1.86. The van der Waals surface area contributed by atoms with E-state index >= 15 is 0 Å². The highest BCUT2D eigenvalue weighted by atomic mass is 32.1. The summed E-state index contributed by atoms with van der Waals surface area (Å²) in [6, 6.07) is 7.27. The predicted octanol–water partition coefficient (Wildman–Crippen LogP) is 3.56. The summed E-state index contributed by atoms with van der Waals surface area (Å²) >= 11 is 0.754. The number of anilines is 2. The van der Waals surface area contributed by atoms with Gasteiger partial charge in [0.15, 0.2) is 0 Å². The van der Waals surface area contributed by atoms with E-state index in [9.17, 15) is 13.2 Å². The van der Waals surface area contributed by atoms with E-state index in [2.05, 4.69) is 9.36 Å². The van der Waals surface area contributed by atoms with E-state index in [0.29, 0.717) is 18.8 Å². The summed E-state index contributed by atoms with van der Waals surface area (Å²) in [6.45, 7) is 2.95. The minimum absolute atomic E-state index is 0.257. The van der Waals surface area contributed by atoms with Crippen LogP contribution in [0.2, 0.25) is 0 Å². The van der Waals surface area contributed by atoms with Gasteiger partial charge in [-0.2, -0.15) is 22.5 Å². The summed E-state index contributed by atoms with van der Waals surface area (Å²) in [7, 11) is 0. The maximum absolute atomic E-state index is 12.6. The van der Waals surface area contributed by atoms with Crippen molar-refractivity contribution in [3.8, 4) is 0 Å². The molecule has 0 amide bonds. The first-order chi connectivity index (χ1) is 9.91. The van der Waals surface area contributed by atoms with Crippen LogP contribution in [0.25, 0.3) is 0 Å². The van der Waals surface area contributed by atoms with Crippen molar-refractivity contribution in [2.45, 2.75) is 26.1 Å². The molecule has 0 saturated carbocycles. The van der Waals surface area contributed by atoms with Crippen LogP contribution in [0.15, 0.2) is 24.3 Å². The lowest BCUT2D eigenvalue weighted by Crippen LogP contribution is -2.24. The first kappa shape index (κ1) is 15.6. The van der Waals surface area contributed by atoms with E-state index in [0.717, 1.165) is 23.5 Å². The van der Waals surface area contributed by atoms with E-state index < -0.39 is 12.0 Å². The van der Waals surface area contributed by atoms with Crippen molar-refractivity contribution in [1.82, 2.24) is 9.36 Å². The number of halogens is 3. The van der Waals surface area contributed by atoms with Gasteiger partial charge in [0, 0.05) is 30.3 Å². The van der Waals surface area contributed by atoms with Crippen molar-refractivity contribution in [2.75, 3.05) is 17.2 Å². The van der Waals surface area contributed by atoms with Gasteiger partial charge in [0.05, 0.1) is 0 Å². The first-order valence-corrected chi connectivity index (χ1v) is 7.18. The summed E-state index contributed by atoms with van der Waals surface area (Å²) < 4.78 is 41.1. The van der Waals surface area contributed by atoms with E-state index in [1.54, 1.807) is 11.0 Å². The SMILES string of the molecule is CCCN(Cc1ccccc1N)c1nc(C(F)(F)F)ns1. The van der Waals surface area contributed by atoms with Crippen LogP contribution >= 0.6 is 11.5 Å². The summed E-state index contributed by atoms with van der Waals surface area (Å²) in [6.07, 6.45) is -3.73.